The molecule has 6 heteroatoms. The average Bonchev–Trinajstić information content (AvgIpc) is 2.71. The third-order valence-corrected chi connectivity index (χ3v) is 2.97. The third kappa shape index (κ3) is 1.92. The van der Waals surface area contributed by atoms with E-state index in [9.17, 15) is 4.79 Å². The number of aromatic nitrogens is 2. The molecule has 0 unspecified atom stereocenters. The summed E-state index contributed by atoms with van der Waals surface area (Å²) in [5, 5.41) is 0. The topological polar surface area (TPSA) is 43.6 Å². The Bertz CT molecular complexity index is 553. The van der Waals surface area contributed by atoms with Crippen molar-refractivity contribution in [3.05, 3.63) is 34.2 Å². The van der Waals surface area contributed by atoms with Gasteiger partial charge in [-0.1, -0.05) is 0 Å². The lowest BCUT2D eigenvalue weighted by molar-refractivity contribution is 0.0600. The van der Waals surface area contributed by atoms with Crippen LogP contribution in [0.1, 0.15) is 16.1 Å². The second-order valence-corrected chi connectivity index (χ2v) is 4.29. The smallest absolute Gasteiger partial charge is 0.339 e. The van der Waals surface area contributed by atoms with E-state index in [-0.39, 0.29) is 5.97 Å². The van der Waals surface area contributed by atoms with Gasteiger partial charge >= 0.3 is 5.97 Å². The number of methoxy groups -OCH3 is 1. The first kappa shape index (κ1) is 11.4. The predicted octanol–water partition coefficient (Wildman–Crippen LogP) is 2.62. The first-order valence-electron chi connectivity index (χ1n) is 4.47. The molecule has 2 heterocycles. The van der Waals surface area contributed by atoms with Crippen LogP contribution in [0.2, 0.25) is 0 Å². The Labute approximate surface area is 105 Å². The van der Waals surface area contributed by atoms with Crippen LogP contribution in [0.25, 0.3) is 5.65 Å². The minimum Gasteiger partial charge on any atom is -0.465 e. The van der Waals surface area contributed by atoms with Crippen molar-refractivity contribution in [1.29, 1.82) is 0 Å². The number of alkyl halides is 1. The number of pyridine rings is 1. The second-order valence-electron chi connectivity index (χ2n) is 3.17. The number of carbonyl (C=O) groups is 1. The number of fused-ring (bicyclic) bond motifs is 1. The van der Waals surface area contributed by atoms with Crippen LogP contribution in [0, 0.1) is 0 Å². The fourth-order valence-electron chi connectivity index (χ4n) is 1.40. The Hall–Kier alpha value is -1.07. The lowest BCUT2D eigenvalue weighted by Gasteiger charge is -2.01. The molecule has 0 aliphatic carbocycles. The number of nitrogens with zero attached hydrogens (tertiary/aromatic N) is 2. The molecule has 0 spiro atoms. The summed E-state index contributed by atoms with van der Waals surface area (Å²) in [7, 11) is 1.35. The van der Waals surface area contributed by atoms with E-state index >= 15 is 0 Å². The summed E-state index contributed by atoms with van der Waals surface area (Å²) >= 11 is 9.05. The molecule has 0 aliphatic heterocycles. The molecule has 2 aromatic rings. The lowest BCUT2D eigenvalue weighted by Crippen LogP contribution is -2.03. The van der Waals surface area contributed by atoms with Gasteiger partial charge in [-0.25, -0.2) is 9.78 Å². The highest BCUT2D eigenvalue weighted by Gasteiger charge is 2.11. The van der Waals surface area contributed by atoms with Crippen molar-refractivity contribution < 1.29 is 9.53 Å². The lowest BCUT2D eigenvalue weighted by atomic mass is 10.3. The monoisotopic (exact) mass is 302 g/mol. The number of rotatable bonds is 2. The van der Waals surface area contributed by atoms with Gasteiger partial charge in [0.15, 0.2) is 5.65 Å². The van der Waals surface area contributed by atoms with Gasteiger partial charge in [-0.05, 0) is 22.0 Å². The van der Waals surface area contributed by atoms with E-state index in [1.165, 1.54) is 7.11 Å². The third-order valence-electron chi connectivity index (χ3n) is 2.11. The van der Waals surface area contributed by atoms with E-state index in [4.69, 9.17) is 11.6 Å². The van der Waals surface area contributed by atoms with Gasteiger partial charge in [0.05, 0.1) is 28.7 Å². The number of esters is 1. The Morgan fingerprint density at radius 3 is 3.00 bits per heavy atom. The zero-order valence-electron chi connectivity index (χ0n) is 8.41. The standard InChI is InChI=1S/C10H8BrClN2O2/c1-16-10(15)6-2-8(11)9-13-7(3-12)5-14(9)4-6/h2,4-5H,3H2,1H3. The highest BCUT2D eigenvalue weighted by atomic mass is 79.9. The molecule has 0 atom stereocenters. The number of ether oxygens (including phenoxy) is 1. The molecule has 0 saturated heterocycles. The van der Waals surface area contributed by atoms with Crippen molar-refractivity contribution in [2.24, 2.45) is 0 Å². The predicted molar refractivity (Wildman–Crippen MR) is 63.8 cm³/mol. The molecule has 0 aliphatic rings. The van der Waals surface area contributed by atoms with E-state index in [1.807, 2.05) is 0 Å². The number of carbonyl (C=O) groups excluding carboxylic acids is 1. The van der Waals surface area contributed by atoms with E-state index < -0.39 is 0 Å². The van der Waals surface area contributed by atoms with Crippen molar-refractivity contribution in [3.8, 4) is 0 Å². The highest BCUT2D eigenvalue weighted by molar-refractivity contribution is 9.10. The largest absolute Gasteiger partial charge is 0.465 e. The van der Waals surface area contributed by atoms with Crippen LogP contribution in [0.3, 0.4) is 0 Å². The van der Waals surface area contributed by atoms with Crippen LogP contribution >= 0.6 is 27.5 Å². The van der Waals surface area contributed by atoms with Crippen LogP contribution in [0.4, 0.5) is 0 Å². The van der Waals surface area contributed by atoms with E-state index in [2.05, 4.69) is 25.7 Å². The molecule has 0 amide bonds. The van der Waals surface area contributed by atoms with Crippen LogP contribution in [-0.4, -0.2) is 22.5 Å². The fourth-order valence-corrected chi connectivity index (χ4v) is 2.07. The van der Waals surface area contributed by atoms with Crippen LogP contribution in [0.15, 0.2) is 22.9 Å². The van der Waals surface area contributed by atoms with Gasteiger partial charge in [0, 0.05) is 12.4 Å². The van der Waals surface area contributed by atoms with Gasteiger partial charge in [0.25, 0.3) is 0 Å². The van der Waals surface area contributed by atoms with Crippen molar-refractivity contribution in [2.75, 3.05) is 7.11 Å². The maximum absolute atomic E-state index is 11.4. The van der Waals surface area contributed by atoms with Crippen molar-refractivity contribution in [2.45, 2.75) is 5.88 Å². The summed E-state index contributed by atoms with van der Waals surface area (Å²) in [6.07, 6.45) is 3.44. The maximum atomic E-state index is 11.4. The van der Waals surface area contributed by atoms with Gasteiger partial charge in [-0.2, -0.15) is 0 Å². The molecule has 0 N–H and O–H groups in total. The molecular formula is C10H8BrClN2O2. The summed E-state index contributed by atoms with van der Waals surface area (Å²) in [4.78, 5) is 15.7. The normalized spacial score (nSPS) is 10.7. The number of hydrogen-bond donors (Lipinski definition) is 0. The Morgan fingerprint density at radius 2 is 2.38 bits per heavy atom. The van der Waals surface area contributed by atoms with Gasteiger partial charge in [-0.3, -0.25) is 0 Å². The Kier molecular flexibility index (Phi) is 3.16. The molecule has 4 nitrogen and oxygen atoms in total. The summed E-state index contributed by atoms with van der Waals surface area (Å²) < 4.78 is 7.13. The van der Waals surface area contributed by atoms with E-state index in [0.29, 0.717) is 11.4 Å². The minimum absolute atomic E-state index is 0.335. The van der Waals surface area contributed by atoms with Gasteiger partial charge in [0.1, 0.15) is 0 Å². The molecule has 2 rings (SSSR count). The SMILES string of the molecule is COC(=O)c1cc(Br)c2nc(CCl)cn2c1. The average molecular weight is 304 g/mol. The quantitative estimate of drug-likeness (QED) is 0.633. The summed E-state index contributed by atoms with van der Waals surface area (Å²) in [6, 6.07) is 1.67. The maximum Gasteiger partial charge on any atom is 0.339 e. The first-order chi connectivity index (χ1) is 7.65. The fraction of sp³-hybridized carbons (Fsp3) is 0.200. The number of hydrogen-bond acceptors (Lipinski definition) is 3. The molecule has 2 aromatic heterocycles. The summed E-state index contributed by atoms with van der Waals surface area (Å²) in [5.41, 5.74) is 1.94. The van der Waals surface area contributed by atoms with Crippen LogP contribution < -0.4 is 0 Å². The minimum atomic E-state index is -0.385. The van der Waals surface area contributed by atoms with E-state index in [1.54, 1.807) is 22.9 Å². The Balaban J connectivity index is 2.61. The molecule has 0 bridgehead atoms. The van der Waals surface area contributed by atoms with E-state index in [0.717, 1.165) is 15.8 Å². The summed E-state index contributed by atoms with van der Waals surface area (Å²) in [5.74, 6) is -0.0504. The molecule has 0 aromatic carbocycles. The molecule has 16 heavy (non-hydrogen) atoms. The Morgan fingerprint density at radius 1 is 1.62 bits per heavy atom. The molecule has 84 valence electrons. The zero-order valence-corrected chi connectivity index (χ0v) is 10.7. The van der Waals surface area contributed by atoms with Gasteiger partial charge in [-0.15, -0.1) is 11.6 Å². The molecular weight excluding hydrogens is 295 g/mol. The molecule has 0 radical (unpaired) electrons. The molecule has 0 saturated carbocycles. The van der Waals surface area contributed by atoms with Crippen LogP contribution in [-0.2, 0) is 10.6 Å². The first-order valence-corrected chi connectivity index (χ1v) is 5.80. The number of imidazole rings is 1. The van der Waals surface area contributed by atoms with Crippen molar-refractivity contribution in [3.63, 3.8) is 0 Å². The highest BCUT2D eigenvalue weighted by Crippen LogP contribution is 2.20. The second kappa shape index (κ2) is 4.43. The van der Waals surface area contributed by atoms with Gasteiger partial charge < -0.3 is 9.14 Å². The molecule has 0 fully saturated rings. The van der Waals surface area contributed by atoms with Crippen molar-refractivity contribution >= 4 is 39.1 Å². The zero-order chi connectivity index (χ0) is 11.7. The number of halogens is 2. The van der Waals surface area contributed by atoms with Gasteiger partial charge in [0.2, 0.25) is 0 Å². The van der Waals surface area contributed by atoms with Crippen molar-refractivity contribution in [1.82, 2.24) is 9.38 Å². The summed E-state index contributed by atoms with van der Waals surface area (Å²) in [6.45, 7) is 0. The van der Waals surface area contributed by atoms with Crippen LogP contribution in [0.5, 0.6) is 0 Å².